The summed E-state index contributed by atoms with van der Waals surface area (Å²) in [5.74, 6) is -0.595. The average Bonchev–Trinajstić information content (AvgIpc) is 2.75. The Morgan fingerprint density at radius 2 is 0.833 bits per heavy atom. The smallest absolute Gasteiger partial charge is 0.172 e. The van der Waals surface area contributed by atoms with Gasteiger partial charge in [0.1, 0.15) is 11.5 Å². The number of phenolic OH excluding ortho intramolecular Hbond substituents is 4. The Labute approximate surface area is 178 Å². The molecule has 6 heteroatoms. The zero-order valence-corrected chi connectivity index (χ0v) is 17.6. The highest BCUT2D eigenvalue weighted by molar-refractivity contribution is 6.92. The second-order valence-corrected chi connectivity index (χ2v) is 6.14. The molecule has 0 bridgehead atoms. The molecule has 0 radical (unpaired) electrons. The van der Waals surface area contributed by atoms with E-state index in [1.165, 1.54) is 47.5 Å². The predicted octanol–water partition coefficient (Wildman–Crippen LogP) is 5.71. The molecule has 0 spiro atoms. The Morgan fingerprint density at radius 3 is 1.20 bits per heavy atom. The molecule has 1 atom stereocenters. The zero-order chi connectivity index (χ0) is 20.6. The molecule has 30 heavy (non-hydrogen) atoms. The minimum absolute atomic E-state index is 0. The number of hydrogen-bond acceptors (Lipinski definition) is 5. The summed E-state index contributed by atoms with van der Waals surface area (Å²) in [6, 6.07) is 28.3. The summed E-state index contributed by atoms with van der Waals surface area (Å²) in [6.45, 7) is 0. The van der Waals surface area contributed by atoms with E-state index in [0.29, 0.717) is 0 Å². The molecule has 0 heterocycles. The van der Waals surface area contributed by atoms with Crippen LogP contribution in [-0.2, 0) is 0 Å². The van der Waals surface area contributed by atoms with Gasteiger partial charge in [-0.3, -0.25) is 0 Å². The van der Waals surface area contributed by atoms with Crippen LogP contribution >= 0.6 is 9.90 Å². The molecule has 0 aromatic heterocycles. The molecule has 0 amide bonds. The standard InChI is InChI=1S/C12H10O5.C12H10.H3P/c13-7-1-3-9(15)11(5-7)17-12-6-8(14)2-4-10(12)16;1-3-7-11(8-4-1)12-9-5-2-6-10-12;/h1-6,13-16H;1-10H;1H3. The van der Waals surface area contributed by atoms with E-state index in [1.807, 2.05) is 12.1 Å². The Balaban J connectivity index is 0.000000218. The van der Waals surface area contributed by atoms with Crippen LogP contribution in [0.3, 0.4) is 0 Å². The van der Waals surface area contributed by atoms with Gasteiger partial charge in [0.15, 0.2) is 23.0 Å². The molecule has 0 saturated heterocycles. The molecule has 0 aliphatic carbocycles. The molecule has 5 nitrogen and oxygen atoms in total. The maximum absolute atomic E-state index is 9.48. The fraction of sp³-hybridized carbons (Fsp3) is 0. The van der Waals surface area contributed by atoms with Gasteiger partial charge >= 0.3 is 0 Å². The topological polar surface area (TPSA) is 90.2 Å². The SMILES string of the molecule is Oc1ccc(O)c(Oc2cc(O)ccc2O)c1.P.c1ccc(-c2ccccc2)cc1. The molecule has 4 aromatic carbocycles. The third kappa shape index (κ3) is 6.16. The maximum Gasteiger partial charge on any atom is 0.172 e. The second kappa shape index (κ2) is 10.7. The quantitative estimate of drug-likeness (QED) is 0.251. The summed E-state index contributed by atoms with van der Waals surface area (Å²) in [6.07, 6.45) is 0. The van der Waals surface area contributed by atoms with Crippen LogP contribution in [-0.4, -0.2) is 20.4 Å². The van der Waals surface area contributed by atoms with Crippen molar-refractivity contribution in [2.45, 2.75) is 0 Å². The van der Waals surface area contributed by atoms with Gasteiger partial charge in [-0.1, -0.05) is 60.7 Å². The van der Waals surface area contributed by atoms with Crippen LogP contribution in [0.1, 0.15) is 0 Å². The van der Waals surface area contributed by atoms with Crippen molar-refractivity contribution in [1.82, 2.24) is 0 Å². The summed E-state index contributed by atoms with van der Waals surface area (Å²) in [7, 11) is 0. The summed E-state index contributed by atoms with van der Waals surface area (Å²) >= 11 is 0. The van der Waals surface area contributed by atoms with Crippen LogP contribution in [0.25, 0.3) is 11.1 Å². The average molecular weight is 422 g/mol. The highest BCUT2D eigenvalue weighted by Crippen LogP contribution is 2.38. The van der Waals surface area contributed by atoms with Crippen molar-refractivity contribution in [1.29, 1.82) is 0 Å². The number of phenols is 4. The van der Waals surface area contributed by atoms with E-state index >= 15 is 0 Å². The largest absolute Gasteiger partial charge is 0.508 e. The predicted molar refractivity (Wildman–Crippen MR) is 123 cm³/mol. The van der Waals surface area contributed by atoms with Crippen molar-refractivity contribution in [3.8, 4) is 45.6 Å². The van der Waals surface area contributed by atoms with Gasteiger partial charge in [0.05, 0.1) is 0 Å². The molecule has 4 N–H and O–H groups in total. The van der Waals surface area contributed by atoms with Gasteiger partial charge < -0.3 is 25.2 Å². The van der Waals surface area contributed by atoms with Crippen molar-refractivity contribution in [3.63, 3.8) is 0 Å². The highest BCUT2D eigenvalue weighted by Gasteiger charge is 2.09. The fourth-order valence-electron chi connectivity index (χ4n) is 2.55. The minimum Gasteiger partial charge on any atom is -0.508 e. The Hall–Kier alpha value is -3.69. The van der Waals surface area contributed by atoms with Crippen molar-refractivity contribution in [2.75, 3.05) is 0 Å². The first kappa shape index (κ1) is 22.6. The molecule has 0 saturated carbocycles. The van der Waals surface area contributed by atoms with Gasteiger partial charge in [0.2, 0.25) is 0 Å². The van der Waals surface area contributed by atoms with Gasteiger partial charge in [-0.15, -0.1) is 0 Å². The molecule has 4 rings (SSSR count). The normalized spacial score (nSPS) is 9.60. The maximum atomic E-state index is 9.48. The van der Waals surface area contributed by atoms with Crippen molar-refractivity contribution in [2.24, 2.45) is 0 Å². The Morgan fingerprint density at radius 1 is 0.467 bits per heavy atom. The summed E-state index contributed by atoms with van der Waals surface area (Å²) in [5.41, 5.74) is 2.55. The fourth-order valence-corrected chi connectivity index (χ4v) is 2.55. The van der Waals surface area contributed by atoms with E-state index in [9.17, 15) is 20.4 Å². The van der Waals surface area contributed by atoms with Crippen LogP contribution in [0.2, 0.25) is 0 Å². The lowest BCUT2D eigenvalue weighted by atomic mass is 10.1. The van der Waals surface area contributed by atoms with Gasteiger partial charge in [0.25, 0.3) is 0 Å². The molecule has 0 aliphatic rings. The van der Waals surface area contributed by atoms with Gasteiger partial charge in [-0.25, -0.2) is 0 Å². The van der Waals surface area contributed by atoms with E-state index in [-0.39, 0.29) is 44.4 Å². The van der Waals surface area contributed by atoms with Crippen molar-refractivity contribution >= 4 is 9.90 Å². The van der Waals surface area contributed by atoms with Crippen LogP contribution in [0.4, 0.5) is 0 Å². The number of ether oxygens (including phenoxy) is 1. The molecule has 0 aliphatic heterocycles. The third-order valence-electron chi connectivity index (χ3n) is 3.99. The minimum atomic E-state index is -0.189. The summed E-state index contributed by atoms with van der Waals surface area (Å²) < 4.78 is 5.18. The highest BCUT2D eigenvalue weighted by atomic mass is 31.0. The third-order valence-corrected chi connectivity index (χ3v) is 3.99. The number of aromatic hydroxyl groups is 4. The van der Waals surface area contributed by atoms with E-state index in [0.717, 1.165) is 0 Å². The molecule has 1 unspecified atom stereocenters. The van der Waals surface area contributed by atoms with Crippen LogP contribution in [0.15, 0.2) is 97.1 Å². The number of benzene rings is 4. The Kier molecular flexibility index (Phi) is 8.09. The first-order chi connectivity index (χ1) is 14.0. The van der Waals surface area contributed by atoms with Gasteiger partial charge in [-0.05, 0) is 35.4 Å². The van der Waals surface area contributed by atoms with E-state index in [2.05, 4.69) is 48.5 Å². The summed E-state index contributed by atoms with van der Waals surface area (Å²) in [4.78, 5) is 0. The molecule has 0 fully saturated rings. The van der Waals surface area contributed by atoms with E-state index < -0.39 is 0 Å². The van der Waals surface area contributed by atoms with E-state index in [4.69, 9.17) is 4.74 Å². The van der Waals surface area contributed by atoms with Crippen LogP contribution < -0.4 is 4.74 Å². The van der Waals surface area contributed by atoms with Crippen LogP contribution in [0.5, 0.6) is 34.5 Å². The summed E-state index contributed by atoms with van der Waals surface area (Å²) in [5, 5.41) is 37.4. The van der Waals surface area contributed by atoms with Crippen molar-refractivity contribution < 1.29 is 25.2 Å². The van der Waals surface area contributed by atoms with Gasteiger partial charge in [0, 0.05) is 12.1 Å². The Bertz CT molecular complexity index is 982. The first-order valence-electron chi connectivity index (χ1n) is 8.85. The monoisotopic (exact) mass is 422 g/mol. The lowest BCUT2D eigenvalue weighted by Gasteiger charge is -2.09. The molecule has 4 aromatic rings. The van der Waals surface area contributed by atoms with Crippen molar-refractivity contribution in [3.05, 3.63) is 97.1 Å². The molecular formula is C24H23O5P. The number of rotatable bonds is 3. The second-order valence-electron chi connectivity index (χ2n) is 6.14. The van der Waals surface area contributed by atoms with E-state index in [1.54, 1.807) is 0 Å². The lowest BCUT2D eigenvalue weighted by molar-refractivity contribution is 0.377. The first-order valence-corrected chi connectivity index (χ1v) is 8.85. The molecular weight excluding hydrogens is 399 g/mol. The lowest BCUT2D eigenvalue weighted by Crippen LogP contribution is -1.85. The number of hydrogen-bond donors (Lipinski definition) is 4. The van der Waals surface area contributed by atoms with Crippen LogP contribution in [0, 0.1) is 0 Å². The zero-order valence-electron chi connectivity index (χ0n) is 16.1. The van der Waals surface area contributed by atoms with Gasteiger partial charge in [-0.2, -0.15) is 9.90 Å². The molecule has 154 valence electrons.